The fourth-order valence-corrected chi connectivity index (χ4v) is 3.88. The van der Waals surface area contributed by atoms with E-state index in [0.29, 0.717) is 6.54 Å². The van der Waals surface area contributed by atoms with E-state index in [0.717, 1.165) is 40.6 Å². The third-order valence-electron chi connectivity index (χ3n) is 5.40. The molecule has 2 heterocycles. The molecule has 1 saturated heterocycles. The Labute approximate surface area is 164 Å². The number of aromatic nitrogens is 1. The summed E-state index contributed by atoms with van der Waals surface area (Å²) in [5, 5.41) is 1.10. The van der Waals surface area contributed by atoms with E-state index in [1.807, 2.05) is 54.7 Å². The van der Waals surface area contributed by atoms with E-state index in [-0.39, 0.29) is 24.8 Å². The number of methoxy groups -OCH3 is 1. The maximum Gasteiger partial charge on any atom is 0.410 e. The number of aromatic amines is 1. The zero-order valence-electron chi connectivity index (χ0n) is 15.9. The fourth-order valence-electron chi connectivity index (χ4n) is 3.88. The molecule has 2 atom stereocenters. The largest absolute Gasteiger partial charge is 0.445 e. The number of nitrogens with zero attached hydrogens (tertiary/aromatic N) is 1. The van der Waals surface area contributed by atoms with Crippen LogP contribution in [-0.4, -0.2) is 41.8 Å². The van der Waals surface area contributed by atoms with Crippen molar-refractivity contribution >= 4 is 22.7 Å². The lowest BCUT2D eigenvalue weighted by molar-refractivity contribution is 0.0801. The molecule has 1 aliphatic heterocycles. The van der Waals surface area contributed by atoms with Crippen LogP contribution in [0.5, 0.6) is 0 Å². The first kappa shape index (κ1) is 18.4. The maximum atomic E-state index is 12.8. The van der Waals surface area contributed by atoms with Crippen LogP contribution in [0.15, 0.2) is 54.7 Å². The second kappa shape index (κ2) is 7.94. The Balaban J connectivity index is 1.49. The Morgan fingerprint density at radius 2 is 2.07 bits per heavy atom. The summed E-state index contributed by atoms with van der Waals surface area (Å²) in [5.74, 6) is 0. The Morgan fingerprint density at radius 1 is 1.25 bits per heavy atom. The second-order valence-electron chi connectivity index (χ2n) is 7.26. The summed E-state index contributed by atoms with van der Waals surface area (Å²) in [6.07, 6.45) is 3.23. The van der Waals surface area contributed by atoms with Crippen molar-refractivity contribution in [3.8, 4) is 0 Å². The molecule has 1 amide bonds. The summed E-state index contributed by atoms with van der Waals surface area (Å²) < 4.78 is 11.1. The van der Waals surface area contributed by atoms with E-state index in [4.69, 9.17) is 15.2 Å². The smallest absolute Gasteiger partial charge is 0.410 e. The number of nitrogens with one attached hydrogen (secondary N) is 1. The average Bonchev–Trinajstić information content (AvgIpc) is 3.31. The highest BCUT2D eigenvalue weighted by atomic mass is 16.6. The number of nitrogen functional groups attached to an aromatic ring is 1. The molecule has 3 N–H and O–H groups in total. The van der Waals surface area contributed by atoms with E-state index < -0.39 is 0 Å². The number of rotatable bonds is 5. The van der Waals surface area contributed by atoms with Crippen LogP contribution >= 0.6 is 0 Å². The van der Waals surface area contributed by atoms with Gasteiger partial charge in [-0.15, -0.1) is 0 Å². The van der Waals surface area contributed by atoms with Gasteiger partial charge >= 0.3 is 6.09 Å². The minimum Gasteiger partial charge on any atom is -0.445 e. The number of hydrogen-bond acceptors (Lipinski definition) is 4. The van der Waals surface area contributed by atoms with E-state index in [1.165, 1.54) is 0 Å². The second-order valence-corrected chi connectivity index (χ2v) is 7.26. The summed E-state index contributed by atoms with van der Waals surface area (Å²) in [6.45, 7) is 0.809. The molecule has 1 aliphatic rings. The van der Waals surface area contributed by atoms with Crippen LogP contribution in [0.2, 0.25) is 0 Å². The number of hydrogen-bond donors (Lipinski definition) is 2. The Morgan fingerprint density at radius 3 is 2.86 bits per heavy atom. The number of anilines is 1. The number of benzene rings is 2. The monoisotopic (exact) mass is 379 g/mol. The molecule has 6 heteroatoms. The zero-order valence-corrected chi connectivity index (χ0v) is 15.9. The molecule has 0 aliphatic carbocycles. The SMILES string of the molecule is CO[C@@H]1C[C@@H](Cc2c[nH]c3ccc(N)cc23)N(C(=O)OCc2ccccc2)C1. The van der Waals surface area contributed by atoms with Crippen LogP contribution in [-0.2, 0) is 22.5 Å². The van der Waals surface area contributed by atoms with E-state index in [9.17, 15) is 4.79 Å². The molecule has 3 aromatic rings. The van der Waals surface area contributed by atoms with Crippen LogP contribution in [0, 0.1) is 0 Å². The summed E-state index contributed by atoms with van der Waals surface area (Å²) in [4.78, 5) is 17.8. The summed E-state index contributed by atoms with van der Waals surface area (Å²) in [7, 11) is 1.69. The Hall–Kier alpha value is -2.99. The van der Waals surface area contributed by atoms with Gasteiger partial charge < -0.3 is 25.1 Å². The third kappa shape index (κ3) is 3.82. The predicted molar refractivity (Wildman–Crippen MR) is 109 cm³/mol. The zero-order chi connectivity index (χ0) is 19.5. The number of fused-ring (bicyclic) bond motifs is 1. The first-order chi connectivity index (χ1) is 13.6. The van der Waals surface area contributed by atoms with Crippen LogP contribution in [0.1, 0.15) is 17.5 Å². The lowest BCUT2D eigenvalue weighted by Gasteiger charge is -2.23. The number of ether oxygens (including phenoxy) is 2. The maximum absolute atomic E-state index is 12.8. The minimum absolute atomic E-state index is 0.0181. The summed E-state index contributed by atoms with van der Waals surface area (Å²) in [6, 6.07) is 15.6. The van der Waals surface area contributed by atoms with Crippen LogP contribution in [0.25, 0.3) is 10.9 Å². The van der Waals surface area contributed by atoms with Crippen molar-refractivity contribution in [2.24, 2.45) is 0 Å². The van der Waals surface area contributed by atoms with Gasteiger partial charge in [-0.05, 0) is 42.2 Å². The molecule has 2 aromatic carbocycles. The molecular weight excluding hydrogens is 354 g/mol. The average molecular weight is 379 g/mol. The standard InChI is InChI=1S/C22H25N3O3/c1-27-19-11-18(9-16-12-24-21-8-7-17(23)10-20(16)21)25(13-19)22(26)28-14-15-5-3-2-4-6-15/h2-8,10,12,18-19,24H,9,11,13-14,23H2,1H3/t18-,19-/m1/s1. The summed E-state index contributed by atoms with van der Waals surface area (Å²) in [5.41, 5.74) is 9.85. The normalized spacial score (nSPS) is 19.2. The minimum atomic E-state index is -0.298. The van der Waals surface area contributed by atoms with Crippen molar-refractivity contribution in [3.05, 3.63) is 65.9 Å². The van der Waals surface area contributed by atoms with Crippen molar-refractivity contribution in [2.75, 3.05) is 19.4 Å². The van der Waals surface area contributed by atoms with Gasteiger partial charge in [-0.1, -0.05) is 30.3 Å². The highest BCUT2D eigenvalue weighted by Gasteiger charge is 2.36. The topological polar surface area (TPSA) is 80.6 Å². The van der Waals surface area contributed by atoms with Crippen molar-refractivity contribution in [2.45, 2.75) is 31.6 Å². The molecule has 28 heavy (non-hydrogen) atoms. The first-order valence-corrected chi connectivity index (χ1v) is 9.49. The van der Waals surface area contributed by atoms with Gasteiger partial charge in [0, 0.05) is 35.9 Å². The predicted octanol–water partition coefficient (Wildman–Crippen LogP) is 3.72. The van der Waals surface area contributed by atoms with Gasteiger partial charge in [0.2, 0.25) is 0 Å². The number of amides is 1. The highest BCUT2D eigenvalue weighted by molar-refractivity contribution is 5.86. The van der Waals surface area contributed by atoms with Gasteiger partial charge in [0.1, 0.15) is 6.61 Å². The number of carbonyl (C=O) groups excluding carboxylic acids is 1. The molecule has 0 spiro atoms. The fraction of sp³-hybridized carbons (Fsp3) is 0.318. The molecule has 1 aromatic heterocycles. The van der Waals surface area contributed by atoms with E-state index in [2.05, 4.69) is 4.98 Å². The van der Waals surface area contributed by atoms with Crippen molar-refractivity contribution < 1.29 is 14.3 Å². The molecule has 6 nitrogen and oxygen atoms in total. The lowest BCUT2D eigenvalue weighted by Crippen LogP contribution is -2.37. The molecule has 0 bridgehead atoms. The lowest BCUT2D eigenvalue weighted by atomic mass is 10.0. The van der Waals surface area contributed by atoms with Crippen LogP contribution in [0.4, 0.5) is 10.5 Å². The van der Waals surface area contributed by atoms with Gasteiger partial charge in [0.25, 0.3) is 0 Å². The first-order valence-electron chi connectivity index (χ1n) is 9.49. The summed E-state index contributed by atoms with van der Waals surface area (Å²) >= 11 is 0. The molecule has 146 valence electrons. The van der Waals surface area contributed by atoms with Gasteiger partial charge in [-0.25, -0.2) is 4.79 Å². The molecule has 1 fully saturated rings. The molecule has 0 unspecified atom stereocenters. The Bertz CT molecular complexity index is 954. The quantitative estimate of drug-likeness (QED) is 0.662. The number of nitrogens with two attached hydrogens (primary N) is 1. The van der Waals surface area contributed by atoms with Gasteiger partial charge in [0.15, 0.2) is 0 Å². The van der Waals surface area contributed by atoms with Crippen LogP contribution < -0.4 is 5.73 Å². The van der Waals surface area contributed by atoms with Gasteiger partial charge in [-0.2, -0.15) is 0 Å². The third-order valence-corrected chi connectivity index (χ3v) is 5.40. The highest BCUT2D eigenvalue weighted by Crippen LogP contribution is 2.28. The molecule has 4 rings (SSSR count). The number of carbonyl (C=O) groups is 1. The van der Waals surface area contributed by atoms with Crippen LogP contribution in [0.3, 0.4) is 0 Å². The number of likely N-dealkylation sites (tertiary alicyclic amines) is 1. The van der Waals surface area contributed by atoms with E-state index >= 15 is 0 Å². The number of H-pyrrole nitrogens is 1. The molecular formula is C22H25N3O3. The van der Waals surface area contributed by atoms with Crippen molar-refractivity contribution in [3.63, 3.8) is 0 Å². The van der Waals surface area contributed by atoms with Gasteiger partial charge in [-0.3, -0.25) is 0 Å². The van der Waals surface area contributed by atoms with Crippen molar-refractivity contribution in [1.29, 1.82) is 0 Å². The Kier molecular flexibility index (Phi) is 5.21. The van der Waals surface area contributed by atoms with E-state index in [1.54, 1.807) is 12.0 Å². The van der Waals surface area contributed by atoms with Crippen molar-refractivity contribution in [1.82, 2.24) is 9.88 Å². The van der Waals surface area contributed by atoms with Gasteiger partial charge in [0.05, 0.1) is 12.6 Å². The molecule has 0 saturated carbocycles. The molecule has 0 radical (unpaired) electrons.